The fourth-order valence-electron chi connectivity index (χ4n) is 1.74. The highest BCUT2D eigenvalue weighted by Crippen LogP contribution is 2.12. The van der Waals surface area contributed by atoms with E-state index in [0.29, 0.717) is 5.92 Å². The van der Waals surface area contributed by atoms with Crippen molar-refractivity contribution in [2.75, 3.05) is 13.6 Å². The quantitative estimate of drug-likeness (QED) is 0.746. The van der Waals surface area contributed by atoms with E-state index in [4.69, 9.17) is 0 Å². The van der Waals surface area contributed by atoms with Crippen molar-refractivity contribution in [2.45, 2.75) is 46.6 Å². The molecule has 1 rings (SSSR count). The molecule has 0 bridgehead atoms. The van der Waals surface area contributed by atoms with Crippen LogP contribution in [-0.2, 0) is 6.54 Å². The van der Waals surface area contributed by atoms with Gasteiger partial charge in [0.2, 0.25) is 0 Å². The highest BCUT2D eigenvalue weighted by atomic mass is 15.1. The van der Waals surface area contributed by atoms with E-state index in [1.54, 1.807) is 0 Å². The molecule has 2 heteroatoms. The van der Waals surface area contributed by atoms with Crippen LogP contribution in [-0.4, -0.2) is 23.5 Å². The Bertz CT molecular complexity index is 314. The van der Waals surface area contributed by atoms with E-state index in [9.17, 15) is 0 Å². The lowest BCUT2D eigenvalue weighted by molar-refractivity contribution is 0.303. The summed E-state index contributed by atoms with van der Waals surface area (Å²) >= 11 is 0. The van der Waals surface area contributed by atoms with Crippen LogP contribution < -0.4 is 0 Å². The first-order valence-corrected chi connectivity index (χ1v) is 6.62. The fourth-order valence-corrected chi connectivity index (χ4v) is 1.74. The van der Waals surface area contributed by atoms with Gasteiger partial charge in [0.05, 0.1) is 0 Å². The average molecular weight is 234 g/mol. The summed E-state index contributed by atoms with van der Waals surface area (Å²) in [6, 6.07) is 4.35. The minimum Gasteiger partial charge on any atom is -0.302 e. The molecule has 96 valence electrons. The van der Waals surface area contributed by atoms with Gasteiger partial charge in [0.1, 0.15) is 0 Å². The molecule has 0 unspecified atom stereocenters. The molecule has 17 heavy (non-hydrogen) atoms. The summed E-state index contributed by atoms with van der Waals surface area (Å²) in [6.07, 6.45) is 3.27. The van der Waals surface area contributed by atoms with Crippen molar-refractivity contribution >= 4 is 0 Å². The largest absolute Gasteiger partial charge is 0.302 e. The van der Waals surface area contributed by atoms with Crippen LogP contribution in [0.5, 0.6) is 0 Å². The third-order valence-electron chi connectivity index (χ3n) is 2.98. The zero-order valence-corrected chi connectivity index (χ0v) is 11.9. The van der Waals surface area contributed by atoms with Crippen LogP contribution in [0.15, 0.2) is 18.3 Å². The summed E-state index contributed by atoms with van der Waals surface area (Å²) in [4.78, 5) is 6.87. The molecule has 0 saturated heterocycles. The van der Waals surface area contributed by atoms with Gasteiger partial charge in [-0.05, 0) is 43.5 Å². The lowest BCUT2D eigenvalue weighted by Gasteiger charge is -2.18. The maximum atomic E-state index is 4.50. The molecule has 0 aromatic carbocycles. The van der Waals surface area contributed by atoms with Crippen molar-refractivity contribution in [3.63, 3.8) is 0 Å². The topological polar surface area (TPSA) is 16.1 Å². The number of rotatable bonds is 6. The van der Waals surface area contributed by atoms with Gasteiger partial charge in [-0.3, -0.25) is 4.98 Å². The molecular weight excluding hydrogens is 208 g/mol. The minimum atomic E-state index is 0.516. The highest BCUT2D eigenvalue weighted by Gasteiger charge is 2.04. The van der Waals surface area contributed by atoms with E-state index in [-0.39, 0.29) is 0 Å². The third kappa shape index (κ3) is 5.31. The van der Waals surface area contributed by atoms with Crippen LogP contribution in [0.2, 0.25) is 0 Å². The summed E-state index contributed by atoms with van der Waals surface area (Å²) in [7, 11) is 2.18. The van der Waals surface area contributed by atoms with Crippen molar-refractivity contribution in [2.24, 2.45) is 5.92 Å². The molecule has 1 aromatic heterocycles. The van der Waals surface area contributed by atoms with Gasteiger partial charge < -0.3 is 4.90 Å². The standard InChI is InChI=1S/C15H26N2/c1-12(2)8-9-17(5)11-14-6-7-15(13(3)4)16-10-14/h6-7,10,12-13H,8-9,11H2,1-5H3. The Balaban J connectivity index is 2.45. The van der Waals surface area contributed by atoms with Crippen LogP contribution in [0, 0.1) is 5.92 Å². The Labute approximate surface area is 106 Å². The molecule has 0 atom stereocenters. The van der Waals surface area contributed by atoms with E-state index in [0.717, 1.165) is 19.0 Å². The average Bonchev–Trinajstić information content (AvgIpc) is 2.27. The van der Waals surface area contributed by atoms with Gasteiger partial charge in [-0.15, -0.1) is 0 Å². The first-order chi connectivity index (χ1) is 7.99. The summed E-state index contributed by atoms with van der Waals surface area (Å²) in [5, 5.41) is 0. The lowest BCUT2D eigenvalue weighted by atomic mass is 10.1. The Hall–Kier alpha value is -0.890. The van der Waals surface area contributed by atoms with Crippen molar-refractivity contribution < 1.29 is 0 Å². The van der Waals surface area contributed by atoms with Crippen LogP contribution in [0.3, 0.4) is 0 Å². The van der Waals surface area contributed by atoms with E-state index in [1.165, 1.54) is 17.7 Å². The zero-order valence-electron chi connectivity index (χ0n) is 11.9. The molecule has 1 aromatic rings. The van der Waals surface area contributed by atoms with Gasteiger partial charge in [-0.1, -0.05) is 33.8 Å². The van der Waals surface area contributed by atoms with Gasteiger partial charge in [-0.2, -0.15) is 0 Å². The normalized spacial score (nSPS) is 11.8. The first kappa shape index (κ1) is 14.2. The maximum Gasteiger partial charge on any atom is 0.0429 e. The minimum absolute atomic E-state index is 0.516. The molecule has 0 N–H and O–H groups in total. The SMILES string of the molecule is CC(C)CCN(C)Cc1ccc(C(C)C)nc1. The Kier molecular flexibility index (Phi) is 5.63. The second kappa shape index (κ2) is 6.75. The monoisotopic (exact) mass is 234 g/mol. The molecule has 2 nitrogen and oxygen atoms in total. The van der Waals surface area contributed by atoms with Crippen molar-refractivity contribution in [3.05, 3.63) is 29.6 Å². The highest BCUT2D eigenvalue weighted by molar-refractivity contribution is 5.15. The molecule has 0 fully saturated rings. The second-order valence-electron chi connectivity index (χ2n) is 5.67. The van der Waals surface area contributed by atoms with Crippen molar-refractivity contribution in [1.82, 2.24) is 9.88 Å². The van der Waals surface area contributed by atoms with Gasteiger partial charge in [0, 0.05) is 18.4 Å². The van der Waals surface area contributed by atoms with E-state index >= 15 is 0 Å². The molecule has 0 spiro atoms. The van der Waals surface area contributed by atoms with E-state index in [1.807, 2.05) is 6.20 Å². The predicted molar refractivity (Wildman–Crippen MR) is 74.1 cm³/mol. The number of hydrogen-bond acceptors (Lipinski definition) is 2. The molecular formula is C15H26N2. The smallest absolute Gasteiger partial charge is 0.0429 e. The Morgan fingerprint density at radius 2 is 1.88 bits per heavy atom. The van der Waals surface area contributed by atoms with Gasteiger partial charge in [0.25, 0.3) is 0 Å². The molecule has 0 saturated carbocycles. The number of aromatic nitrogens is 1. The summed E-state index contributed by atoms with van der Waals surface area (Å²) in [6.45, 7) is 11.1. The number of hydrogen-bond donors (Lipinski definition) is 0. The van der Waals surface area contributed by atoms with Crippen molar-refractivity contribution in [3.8, 4) is 0 Å². The van der Waals surface area contributed by atoms with Crippen LogP contribution in [0.1, 0.15) is 51.3 Å². The molecule has 0 amide bonds. The molecule has 0 aliphatic heterocycles. The molecule has 0 aliphatic rings. The van der Waals surface area contributed by atoms with Gasteiger partial charge in [-0.25, -0.2) is 0 Å². The molecule has 0 radical (unpaired) electrons. The summed E-state index contributed by atoms with van der Waals surface area (Å²) in [5.41, 5.74) is 2.49. The fraction of sp³-hybridized carbons (Fsp3) is 0.667. The zero-order chi connectivity index (χ0) is 12.8. The Morgan fingerprint density at radius 3 is 2.35 bits per heavy atom. The molecule has 0 aliphatic carbocycles. The summed E-state index contributed by atoms with van der Waals surface area (Å²) < 4.78 is 0. The Morgan fingerprint density at radius 1 is 1.18 bits per heavy atom. The molecule has 1 heterocycles. The number of pyridine rings is 1. The van der Waals surface area contributed by atoms with Crippen LogP contribution >= 0.6 is 0 Å². The number of nitrogens with zero attached hydrogens (tertiary/aromatic N) is 2. The predicted octanol–water partition coefficient (Wildman–Crippen LogP) is 3.68. The lowest BCUT2D eigenvalue weighted by Crippen LogP contribution is -2.20. The van der Waals surface area contributed by atoms with Gasteiger partial charge in [0.15, 0.2) is 0 Å². The second-order valence-corrected chi connectivity index (χ2v) is 5.67. The van der Waals surface area contributed by atoms with Crippen LogP contribution in [0.4, 0.5) is 0 Å². The summed E-state index contributed by atoms with van der Waals surface area (Å²) in [5.74, 6) is 1.29. The maximum absolute atomic E-state index is 4.50. The van der Waals surface area contributed by atoms with E-state index in [2.05, 4.69) is 56.8 Å². The van der Waals surface area contributed by atoms with Crippen molar-refractivity contribution in [1.29, 1.82) is 0 Å². The first-order valence-electron chi connectivity index (χ1n) is 6.62. The van der Waals surface area contributed by atoms with Gasteiger partial charge >= 0.3 is 0 Å². The van der Waals surface area contributed by atoms with Crippen LogP contribution in [0.25, 0.3) is 0 Å². The van der Waals surface area contributed by atoms with E-state index < -0.39 is 0 Å². The third-order valence-corrected chi connectivity index (χ3v) is 2.98.